The molecule has 16 heavy (non-hydrogen) atoms. The first-order chi connectivity index (χ1) is 7.54. The van der Waals surface area contributed by atoms with Crippen molar-refractivity contribution in [1.82, 2.24) is 0 Å². The van der Waals surface area contributed by atoms with Gasteiger partial charge in [-0.2, -0.15) is 0 Å². The van der Waals surface area contributed by atoms with Gasteiger partial charge in [-0.3, -0.25) is 0 Å². The highest BCUT2D eigenvalue weighted by Crippen LogP contribution is 2.25. The molecule has 0 aliphatic rings. The first-order valence-electron chi connectivity index (χ1n) is 5.13. The number of carboxylic acids is 1. The van der Waals surface area contributed by atoms with Crippen LogP contribution in [0, 0.1) is 0 Å². The first kappa shape index (κ1) is 12.3. The van der Waals surface area contributed by atoms with Gasteiger partial charge >= 0.3 is 5.97 Å². The molecule has 3 nitrogen and oxygen atoms in total. The Morgan fingerprint density at radius 2 is 2.12 bits per heavy atom. The van der Waals surface area contributed by atoms with E-state index in [9.17, 15) is 4.79 Å². The minimum atomic E-state index is -0.939. The van der Waals surface area contributed by atoms with E-state index in [2.05, 4.69) is 13.8 Å². The third kappa shape index (κ3) is 3.12. The van der Waals surface area contributed by atoms with Crippen LogP contribution in [-0.4, -0.2) is 18.2 Å². The average Bonchev–Trinajstić information content (AvgIpc) is 2.25. The molecule has 3 heteroatoms. The number of carbonyl (C=O) groups is 1. The minimum absolute atomic E-state index is 0.323. The van der Waals surface area contributed by atoms with Gasteiger partial charge in [0.05, 0.1) is 7.11 Å². The Kier molecular flexibility index (Phi) is 4.11. The van der Waals surface area contributed by atoms with Crippen molar-refractivity contribution in [2.75, 3.05) is 7.11 Å². The van der Waals surface area contributed by atoms with Crippen molar-refractivity contribution in [2.45, 2.75) is 19.8 Å². The molecule has 0 amide bonds. The largest absolute Gasteiger partial charge is 0.497 e. The van der Waals surface area contributed by atoms with Gasteiger partial charge in [-0.1, -0.05) is 19.9 Å². The molecule has 0 saturated carbocycles. The smallest absolute Gasteiger partial charge is 0.328 e. The van der Waals surface area contributed by atoms with Crippen LogP contribution in [0.15, 0.2) is 24.3 Å². The number of hydrogen-bond acceptors (Lipinski definition) is 2. The molecule has 0 radical (unpaired) electrons. The van der Waals surface area contributed by atoms with Crippen molar-refractivity contribution >= 4 is 12.0 Å². The second-order valence-electron chi connectivity index (χ2n) is 3.82. The van der Waals surface area contributed by atoms with Crippen LogP contribution in [0.5, 0.6) is 5.75 Å². The van der Waals surface area contributed by atoms with E-state index < -0.39 is 5.97 Å². The highest BCUT2D eigenvalue weighted by molar-refractivity contribution is 5.85. The van der Waals surface area contributed by atoms with E-state index in [-0.39, 0.29) is 0 Å². The number of methoxy groups -OCH3 is 1. The summed E-state index contributed by atoms with van der Waals surface area (Å²) in [6.45, 7) is 4.12. The molecule has 0 aromatic heterocycles. The molecule has 1 aromatic rings. The lowest BCUT2D eigenvalue weighted by molar-refractivity contribution is -0.131. The van der Waals surface area contributed by atoms with Gasteiger partial charge in [-0.05, 0) is 35.3 Å². The van der Waals surface area contributed by atoms with Crippen molar-refractivity contribution in [3.05, 3.63) is 35.4 Å². The molecule has 0 heterocycles. The van der Waals surface area contributed by atoms with Crippen molar-refractivity contribution in [3.63, 3.8) is 0 Å². The molecule has 0 fully saturated rings. The zero-order valence-corrected chi connectivity index (χ0v) is 9.73. The van der Waals surface area contributed by atoms with E-state index in [1.54, 1.807) is 13.2 Å². The second kappa shape index (κ2) is 5.35. The van der Waals surface area contributed by atoms with Gasteiger partial charge in [0.1, 0.15) is 5.75 Å². The Bertz CT molecular complexity index is 406. The first-order valence-corrected chi connectivity index (χ1v) is 5.13. The lowest BCUT2D eigenvalue weighted by Crippen LogP contribution is -1.94. The summed E-state index contributed by atoms with van der Waals surface area (Å²) in [5.74, 6) is 0.172. The zero-order chi connectivity index (χ0) is 12.1. The van der Waals surface area contributed by atoms with Gasteiger partial charge in [0.2, 0.25) is 0 Å². The van der Waals surface area contributed by atoms with E-state index in [1.165, 1.54) is 0 Å². The minimum Gasteiger partial charge on any atom is -0.497 e. The molecule has 0 saturated heterocycles. The van der Waals surface area contributed by atoms with Crippen LogP contribution >= 0.6 is 0 Å². The van der Waals surface area contributed by atoms with Crippen LogP contribution < -0.4 is 4.74 Å². The maximum absolute atomic E-state index is 10.5. The van der Waals surface area contributed by atoms with Gasteiger partial charge in [0.15, 0.2) is 0 Å². The molecular formula is C13H16O3. The van der Waals surface area contributed by atoms with Gasteiger partial charge in [-0.25, -0.2) is 4.79 Å². The van der Waals surface area contributed by atoms with Gasteiger partial charge < -0.3 is 9.84 Å². The molecule has 0 spiro atoms. The fourth-order valence-corrected chi connectivity index (χ4v) is 1.49. The fraction of sp³-hybridized carbons (Fsp3) is 0.308. The van der Waals surface area contributed by atoms with Gasteiger partial charge in [-0.15, -0.1) is 0 Å². The summed E-state index contributed by atoms with van der Waals surface area (Å²) in [5.41, 5.74) is 2.00. The zero-order valence-electron chi connectivity index (χ0n) is 9.73. The molecule has 1 aromatic carbocycles. The molecule has 0 bridgehead atoms. The van der Waals surface area contributed by atoms with Gasteiger partial charge in [0.25, 0.3) is 0 Å². The fourth-order valence-electron chi connectivity index (χ4n) is 1.49. The second-order valence-corrected chi connectivity index (χ2v) is 3.82. The Balaban J connectivity index is 3.12. The summed E-state index contributed by atoms with van der Waals surface area (Å²) in [4.78, 5) is 10.5. The third-order valence-corrected chi connectivity index (χ3v) is 2.32. The van der Waals surface area contributed by atoms with E-state index in [4.69, 9.17) is 9.84 Å². The molecule has 0 unspecified atom stereocenters. The van der Waals surface area contributed by atoms with E-state index in [0.717, 1.165) is 23.0 Å². The quantitative estimate of drug-likeness (QED) is 0.793. The standard InChI is InChI=1S/C13H16O3/c1-9(2)12-8-11(16-3)6-4-10(12)5-7-13(14)15/h4-9H,1-3H3,(H,14,15). The molecule has 0 aliphatic heterocycles. The van der Waals surface area contributed by atoms with E-state index in [0.29, 0.717) is 5.92 Å². The number of benzene rings is 1. The van der Waals surface area contributed by atoms with Crippen LogP contribution in [0.4, 0.5) is 0 Å². The summed E-state index contributed by atoms with van der Waals surface area (Å²) in [5, 5.41) is 8.59. The van der Waals surface area contributed by atoms with Gasteiger partial charge in [0, 0.05) is 6.08 Å². The molecule has 86 valence electrons. The predicted octanol–water partition coefficient (Wildman–Crippen LogP) is 2.92. The number of carboxylic acid groups (broad SMARTS) is 1. The lowest BCUT2D eigenvalue weighted by atomic mass is 9.96. The number of ether oxygens (including phenoxy) is 1. The van der Waals surface area contributed by atoms with E-state index in [1.807, 2.05) is 18.2 Å². The van der Waals surface area contributed by atoms with Crippen molar-refractivity contribution in [2.24, 2.45) is 0 Å². The summed E-state index contributed by atoms with van der Waals surface area (Å²) in [6, 6.07) is 5.63. The number of rotatable bonds is 4. The van der Waals surface area contributed by atoms with Crippen LogP contribution in [-0.2, 0) is 4.79 Å². The Hall–Kier alpha value is -1.77. The topological polar surface area (TPSA) is 46.5 Å². The summed E-state index contributed by atoms with van der Waals surface area (Å²) >= 11 is 0. The average molecular weight is 220 g/mol. The summed E-state index contributed by atoms with van der Waals surface area (Å²) in [7, 11) is 1.62. The molecule has 1 rings (SSSR count). The lowest BCUT2D eigenvalue weighted by Gasteiger charge is -2.11. The van der Waals surface area contributed by atoms with Crippen molar-refractivity contribution in [1.29, 1.82) is 0 Å². The van der Waals surface area contributed by atoms with Crippen LogP contribution in [0.1, 0.15) is 30.9 Å². The van der Waals surface area contributed by atoms with Crippen molar-refractivity contribution in [3.8, 4) is 5.75 Å². The van der Waals surface area contributed by atoms with Crippen molar-refractivity contribution < 1.29 is 14.6 Å². The maximum Gasteiger partial charge on any atom is 0.328 e. The molecular weight excluding hydrogens is 204 g/mol. The SMILES string of the molecule is COc1ccc(C=CC(=O)O)c(C(C)C)c1. The van der Waals surface area contributed by atoms with Crippen LogP contribution in [0.2, 0.25) is 0 Å². The maximum atomic E-state index is 10.5. The summed E-state index contributed by atoms with van der Waals surface area (Å²) < 4.78 is 5.15. The van der Waals surface area contributed by atoms with E-state index >= 15 is 0 Å². The molecule has 0 aliphatic carbocycles. The highest BCUT2D eigenvalue weighted by Gasteiger charge is 2.06. The normalized spacial score (nSPS) is 11.0. The monoisotopic (exact) mass is 220 g/mol. The number of hydrogen-bond donors (Lipinski definition) is 1. The number of aliphatic carboxylic acids is 1. The third-order valence-electron chi connectivity index (χ3n) is 2.32. The Labute approximate surface area is 95.4 Å². The highest BCUT2D eigenvalue weighted by atomic mass is 16.5. The predicted molar refractivity (Wildman–Crippen MR) is 63.8 cm³/mol. The Morgan fingerprint density at radius 3 is 2.62 bits per heavy atom. The van der Waals surface area contributed by atoms with Crippen LogP contribution in [0.3, 0.4) is 0 Å². The Morgan fingerprint density at radius 1 is 1.44 bits per heavy atom. The molecule has 1 N–H and O–H groups in total. The van der Waals surface area contributed by atoms with Crippen LogP contribution in [0.25, 0.3) is 6.08 Å². The summed E-state index contributed by atoms with van der Waals surface area (Å²) in [6.07, 6.45) is 2.75. The molecule has 0 atom stereocenters.